The Morgan fingerprint density at radius 3 is 2.57 bits per heavy atom. The zero-order chi connectivity index (χ0) is 20.7. The average molecular weight is 410 g/mol. The summed E-state index contributed by atoms with van der Waals surface area (Å²) in [6.45, 7) is 1.86. The van der Waals surface area contributed by atoms with Gasteiger partial charge < -0.3 is 10.8 Å². The minimum atomic E-state index is -2.99. The van der Waals surface area contributed by atoms with E-state index in [0.29, 0.717) is 36.9 Å². The van der Waals surface area contributed by atoms with Crippen molar-refractivity contribution >= 4 is 16.0 Å². The van der Waals surface area contributed by atoms with Crippen LogP contribution in [0.1, 0.15) is 23.2 Å². The summed E-state index contributed by atoms with van der Waals surface area (Å²) in [6.07, 6.45) is 5.63. The maximum atomic E-state index is 12.9. The molecule has 0 amide bonds. The Labute approximate surface area is 163 Å². The fourth-order valence-electron chi connectivity index (χ4n) is 2.74. The number of nitrogens with two attached hydrogens (primary N) is 1. The van der Waals surface area contributed by atoms with Gasteiger partial charge in [-0.25, -0.2) is 31.9 Å². The van der Waals surface area contributed by atoms with E-state index < -0.39 is 16.0 Å². The van der Waals surface area contributed by atoms with Gasteiger partial charge >= 0.3 is 5.97 Å². The minimum absolute atomic E-state index is 0.000142. The molecule has 0 bridgehead atoms. The van der Waals surface area contributed by atoms with Gasteiger partial charge in [0, 0.05) is 31.0 Å². The Hall–Kier alpha value is -2.43. The second kappa shape index (κ2) is 9.67. The lowest BCUT2D eigenvalue weighted by Crippen LogP contribution is -2.41. The van der Waals surface area contributed by atoms with Crippen LogP contribution < -0.4 is 5.73 Å². The number of hydrogen-bond acceptors (Lipinski definition) is 6. The van der Waals surface area contributed by atoms with Crippen molar-refractivity contribution in [3.8, 4) is 11.4 Å². The van der Waals surface area contributed by atoms with Gasteiger partial charge in [-0.2, -0.15) is 0 Å². The molecule has 0 spiro atoms. The van der Waals surface area contributed by atoms with Crippen LogP contribution in [0.3, 0.4) is 0 Å². The molecule has 152 valence electrons. The summed E-state index contributed by atoms with van der Waals surface area (Å²) in [7, 11) is -2.99. The van der Waals surface area contributed by atoms with E-state index in [1.165, 1.54) is 35.1 Å². The summed E-state index contributed by atoms with van der Waals surface area (Å²) >= 11 is 0. The highest BCUT2D eigenvalue weighted by Gasteiger charge is 2.24. The maximum Gasteiger partial charge on any atom is 0.338 e. The molecule has 1 aromatic carbocycles. The van der Waals surface area contributed by atoms with Crippen LogP contribution in [0.2, 0.25) is 0 Å². The lowest BCUT2D eigenvalue weighted by atomic mass is 10.0. The topological polar surface area (TPSA) is 126 Å². The standard InChI is InChI=1S/C11H7FN2O2.C7H16N2O2S/c12-9-3-1-2-7(4-9)10-13-5-8(6-14-10)11(15)16;1-12(10,11)9-4-2-3-7(5-8)6-9/h1-6H,(H,15,16);7H,2-6,8H2,1H3. The predicted octanol–water partition coefficient (Wildman–Crippen LogP) is 1.60. The molecule has 1 atom stereocenters. The molecule has 1 fully saturated rings. The van der Waals surface area contributed by atoms with Crippen molar-refractivity contribution in [3.63, 3.8) is 0 Å². The van der Waals surface area contributed by atoms with Gasteiger partial charge in [0.2, 0.25) is 10.0 Å². The van der Waals surface area contributed by atoms with E-state index in [9.17, 15) is 17.6 Å². The van der Waals surface area contributed by atoms with Gasteiger partial charge in [-0.15, -0.1) is 0 Å². The van der Waals surface area contributed by atoms with E-state index in [-0.39, 0.29) is 11.4 Å². The number of carbonyl (C=O) groups is 1. The molecule has 3 rings (SSSR count). The van der Waals surface area contributed by atoms with Crippen molar-refractivity contribution in [1.29, 1.82) is 0 Å². The molecule has 28 heavy (non-hydrogen) atoms. The highest BCUT2D eigenvalue weighted by molar-refractivity contribution is 7.88. The van der Waals surface area contributed by atoms with Gasteiger partial charge in [0.15, 0.2) is 5.82 Å². The number of carboxylic acid groups (broad SMARTS) is 1. The number of sulfonamides is 1. The van der Waals surface area contributed by atoms with Gasteiger partial charge in [-0.3, -0.25) is 0 Å². The second-order valence-electron chi connectivity index (χ2n) is 6.48. The van der Waals surface area contributed by atoms with E-state index in [1.807, 2.05) is 0 Å². The quantitative estimate of drug-likeness (QED) is 0.784. The molecule has 1 aromatic heterocycles. The first-order chi connectivity index (χ1) is 13.2. The van der Waals surface area contributed by atoms with E-state index in [2.05, 4.69) is 9.97 Å². The first kappa shape index (κ1) is 21.9. The fourth-order valence-corrected chi connectivity index (χ4v) is 3.68. The largest absolute Gasteiger partial charge is 0.478 e. The van der Waals surface area contributed by atoms with Crippen LogP contribution in [0.5, 0.6) is 0 Å². The molecule has 0 saturated carbocycles. The molecule has 2 heterocycles. The van der Waals surface area contributed by atoms with Crippen LogP contribution in [0.4, 0.5) is 4.39 Å². The van der Waals surface area contributed by atoms with Crippen LogP contribution in [-0.4, -0.2) is 59.7 Å². The molecule has 1 aliphatic rings. The molecule has 3 N–H and O–H groups in total. The van der Waals surface area contributed by atoms with Gasteiger partial charge in [0.25, 0.3) is 0 Å². The highest BCUT2D eigenvalue weighted by Crippen LogP contribution is 2.17. The SMILES string of the molecule is CS(=O)(=O)N1CCCC(CN)C1.O=C(O)c1cnc(-c2cccc(F)c2)nc1. The van der Waals surface area contributed by atoms with E-state index in [1.54, 1.807) is 12.1 Å². The summed E-state index contributed by atoms with van der Waals surface area (Å²) in [5, 5.41) is 8.65. The van der Waals surface area contributed by atoms with Crippen molar-refractivity contribution < 1.29 is 22.7 Å². The first-order valence-electron chi connectivity index (χ1n) is 8.67. The van der Waals surface area contributed by atoms with Crippen molar-refractivity contribution in [2.24, 2.45) is 11.7 Å². The van der Waals surface area contributed by atoms with Crippen LogP contribution in [-0.2, 0) is 10.0 Å². The van der Waals surface area contributed by atoms with Gasteiger partial charge in [0.05, 0.1) is 11.8 Å². The monoisotopic (exact) mass is 410 g/mol. The van der Waals surface area contributed by atoms with Crippen LogP contribution in [0, 0.1) is 11.7 Å². The summed E-state index contributed by atoms with van der Waals surface area (Å²) in [4.78, 5) is 18.3. The number of rotatable bonds is 4. The Morgan fingerprint density at radius 2 is 2.04 bits per heavy atom. The molecule has 1 unspecified atom stereocenters. The van der Waals surface area contributed by atoms with E-state index >= 15 is 0 Å². The first-order valence-corrected chi connectivity index (χ1v) is 10.5. The van der Waals surface area contributed by atoms with Crippen LogP contribution >= 0.6 is 0 Å². The zero-order valence-electron chi connectivity index (χ0n) is 15.5. The molecule has 0 radical (unpaired) electrons. The van der Waals surface area contributed by atoms with Crippen molar-refractivity contribution in [3.05, 3.63) is 48.0 Å². The molecule has 0 aliphatic carbocycles. The summed E-state index contributed by atoms with van der Waals surface area (Å²) in [5.41, 5.74) is 6.00. The summed E-state index contributed by atoms with van der Waals surface area (Å²) in [6, 6.07) is 5.79. The Morgan fingerprint density at radius 1 is 1.36 bits per heavy atom. The summed E-state index contributed by atoms with van der Waals surface area (Å²) < 4.78 is 36.7. The van der Waals surface area contributed by atoms with E-state index in [4.69, 9.17) is 10.8 Å². The van der Waals surface area contributed by atoms with Crippen LogP contribution in [0.15, 0.2) is 36.7 Å². The molecule has 8 nitrogen and oxygen atoms in total. The van der Waals surface area contributed by atoms with Gasteiger partial charge in [-0.1, -0.05) is 12.1 Å². The Balaban J connectivity index is 0.000000209. The number of carboxylic acids is 1. The molecular formula is C18H23FN4O4S. The van der Waals surface area contributed by atoms with Crippen molar-refractivity contribution in [2.45, 2.75) is 12.8 Å². The Kier molecular flexibility index (Phi) is 7.55. The molecule has 2 aromatic rings. The van der Waals surface area contributed by atoms with Crippen LogP contribution in [0.25, 0.3) is 11.4 Å². The summed E-state index contributed by atoms with van der Waals surface area (Å²) in [5.74, 6) is -0.827. The third-order valence-corrected chi connectivity index (χ3v) is 5.54. The number of aromatic nitrogens is 2. The van der Waals surface area contributed by atoms with E-state index in [0.717, 1.165) is 12.8 Å². The molecule has 1 aliphatic heterocycles. The number of benzene rings is 1. The maximum absolute atomic E-state index is 12.9. The number of piperidine rings is 1. The third-order valence-electron chi connectivity index (χ3n) is 4.27. The Bertz CT molecular complexity index is 906. The normalized spacial score (nSPS) is 17.5. The second-order valence-corrected chi connectivity index (χ2v) is 8.46. The zero-order valence-corrected chi connectivity index (χ0v) is 16.3. The smallest absolute Gasteiger partial charge is 0.338 e. The highest BCUT2D eigenvalue weighted by atomic mass is 32.2. The van der Waals surface area contributed by atoms with Gasteiger partial charge in [-0.05, 0) is 37.4 Å². The third kappa shape index (κ3) is 6.32. The van der Waals surface area contributed by atoms with Crippen molar-refractivity contribution in [2.75, 3.05) is 25.9 Å². The molecule has 10 heteroatoms. The molecule has 1 saturated heterocycles. The number of halogens is 1. The lowest BCUT2D eigenvalue weighted by molar-refractivity contribution is 0.0696. The average Bonchev–Trinajstić information content (AvgIpc) is 2.68. The predicted molar refractivity (Wildman–Crippen MR) is 103 cm³/mol. The number of hydrogen-bond donors (Lipinski definition) is 2. The number of aromatic carboxylic acids is 1. The lowest BCUT2D eigenvalue weighted by Gasteiger charge is -2.29. The fraction of sp³-hybridized carbons (Fsp3) is 0.389. The van der Waals surface area contributed by atoms with Gasteiger partial charge in [0.1, 0.15) is 5.82 Å². The number of nitrogens with zero attached hydrogens (tertiary/aromatic N) is 3. The minimum Gasteiger partial charge on any atom is -0.478 e. The van der Waals surface area contributed by atoms with Crippen molar-refractivity contribution in [1.82, 2.24) is 14.3 Å². The molecular weight excluding hydrogens is 387 g/mol.